The first-order valence-corrected chi connectivity index (χ1v) is 13.0. The minimum Gasteiger partial charge on any atom is -0.380 e. The maximum atomic E-state index is 9.53. The number of ether oxygens (including phenoxy) is 1. The van der Waals surface area contributed by atoms with Crippen LogP contribution in [0, 0.1) is 18.3 Å². The lowest BCUT2D eigenvalue weighted by Gasteiger charge is -2.48. The molecule has 3 aromatic rings. The highest BCUT2D eigenvalue weighted by atomic mass is 16.5. The van der Waals surface area contributed by atoms with Gasteiger partial charge in [-0.25, -0.2) is 4.98 Å². The number of fused-ring (bicyclic) bond motifs is 2. The second kappa shape index (κ2) is 9.92. The van der Waals surface area contributed by atoms with Crippen LogP contribution >= 0.6 is 0 Å². The average Bonchev–Trinajstić information content (AvgIpc) is 3.21. The summed E-state index contributed by atoms with van der Waals surface area (Å²) in [6.07, 6.45) is 4.89. The highest BCUT2D eigenvalue weighted by Crippen LogP contribution is 2.32. The number of nitrogens with zero attached hydrogens (tertiary/aromatic N) is 7. The van der Waals surface area contributed by atoms with Crippen LogP contribution in [0.2, 0.25) is 0 Å². The first kappa shape index (κ1) is 23.0. The molecule has 3 fully saturated rings. The number of benzene rings is 1. The summed E-state index contributed by atoms with van der Waals surface area (Å²) in [5.74, 6) is 1.06. The normalized spacial score (nSPS) is 21.2. The van der Waals surface area contributed by atoms with Crippen LogP contribution in [0.1, 0.15) is 17.5 Å². The lowest BCUT2D eigenvalue weighted by Crippen LogP contribution is -2.62. The topological polar surface area (TPSA) is 71.8 Å². The zero-order valence-electron chi connectivity index (χ0n) is 20.9. The number of piperazine rings is 2. The molecular formula is C28H33N7O. The van der Waals surface area contributed by atoms with Gasteiger partial charge in [0.2, 0.25) is 0 Å². The number of pyridine rings is 2. The van der Waals surface area contributed by atoms with Gasteiger partial charge in [-0.15, -0.1) is 0 Å². The fourth-order valence-electron chi connectivity index (χ4n) is 5.93. The van der Waals surface area contributed by atoms with Crippen LogP contribution in [-0.4, -0.2) is 86.5 Å². The second-order valence-corrected chi connectivity index (χ2v) is 10.0. The molecule has 1 atom stereocenters. The van der Waals surface area contributed by atoms with Gasteiger partial charge in [-0.1, -0.05) is 0 Å². The fraction of sp³-hybridized carbons (Fsp3) is 0.464. The summed E-state index contributed by atoms with van der Waals surface area (Å²) in [4.78, 5) is 19.3. The Morgan fingerprint density at radius 2 is 1.75 bits per heavy atom. The summed E-state index contributed by atoms with van der Waals surface area (Å²) in [6.45, 7) is 11.8. The van der Waals surface area contributed by atoms with Gasteiger partial charge in [0.1, 0.15) is 11.9 Å². The highest BCUT2D eigenvalue weighted by molar-refractivity contribution is 5.95. The Morgan fingerprint density at radius 1 is 0.917 bits per heavy atom. The zero-order chi connectivity index (χ0) is 24.5. The van der Waals surface area contributed by atoms with Gasteiger partial charge >= 0.3 is 0 Å². The average molecular weight is 484 g/mol. The fourth-order valence-corrected chi connectivity index (χ4v) is 5.93. The molecule has 36 heavy (non-hydrogen) atoms. The monoisotopic (exact) mass is 483 g/mol. The van der Waals surface area contributed by atoms with E-state index in [4.69, 9.17) is 9.72 Å². The van der Waals surface area contributed by atoms with E-state index in [1.165, 1.54) is 16.9 Å². The third-order valence-corrected chi connectivity index (χ3v) is 7.86. The number of hydrogen-bond acceptors (Lipinski definition) is 8. The molecule has 3 aliphatic rings. The highest BCUT2D eigenvalue weighted by Gasteiger charge is 2.33. The van der Waals surface area contributed by atoms with Gasteiger partial charge in [0.15, 0.2) is 0 Å². The smallest absolute Gasteiger partial charge is 0.128 e. The quantitative estimate of drug-likeness (QED) is 0.563. The van der Waals surface area contributed by atoms with E-state index >= 15 is 0 Å². The molecule has 0 aliphatic carbocycles. The molecule has 0 N–H and O–H groups in total. The van der Waals surface area contributed by atoms with Gasteiger partial charge in [-0.2, -0.15) is 5.26 Å². The molecule has 0 saturated carbocycles. The number of hydrogen-bond donors (Lipinski definition) is 0. The number of rotatable bonds is 3. The van der Waals surface area contributed by atoms with Crippen molar-refractivity contribution in [2.75, 3.05) is 80.3 Å². The van der Waals surface area contributed by atoms with Crippen molar-refractivity contribution < 1.29 is 4.74 Å². The number of aromatic nitrogens is 2. The van der Waals surface area contributed by atoms with Crippen LogP contribution in [0.4, 0.5) is 17.2 Å². The van der Waals surface area contributed by atoms with E-state index in [-0.39, 0.29) is 0 Å². The summed E-state index contributed by atoms with van der Waals surface area (Å²) in [7, 11) is 0. The van der Waals surface area contributed by atoms with E-state index in [1.54, 1.807) is 6.20 Å². The molecule has 0 amide bonds. The predicted octanol–water partition coefficient (Wildman–Crippen LogP) is 3.05. The summed E-state index contributed by atoms with van der Waals surface area (Å²) >= 11 is 0. The SMILES string of the molecule is Cc1cc(N2CCCOCC2)ncc1N1CCN2CCN(c3ccc(C#N)c4ncccc34)CC2C1. The first-order chi connectivity index (χ1) is 17.7. The molecule has 0 spiro atoms. The standard InChI is InChI=1S/C28H33N7O/c1-21-16-27(33-8-3-14-36-15-13-33)31-18-26(21)35-12-10-32-9-11-34(19-23(32)20-35)25-6-5-22(17-29)28-24(25)4-2-7-30-28/h2,4-7,16,18,23H,3,8-15,19-20H2,1H3. The van der Waals surface area contributed by atoms with E-state index < -0.39 is 0 Å². The van der Waals surface area contributed by atoms with Crippen LogP contribution < -0.4 is 14.7 Å². The Balaban J connectivity index is 1.20. The van der Waals surface area contributed by atoms with E-state index in [9.17, 15) is 5.26 Å². The molecule has 8 heteroatoms. The Bertz CT molecular complexity index is 1280. The maximum Gasteiger partial charge on any atom is 0.128 e. The molecular weight excluding hydrogens is 450 g/mol. The largest absolute Gasteiger partial charge is 0.380 e. The van der Waals surface area contributed by atoms with Gasteiger partial charge < -0.3 is 19.4 Å². The minimum absolute atomic E-state index is 0.441. The van der Waals surface area contributed by atoms with E-state index in [1.807, 2.05) is 12.1 Å². The molecule has 8 nitrogen and oxygen atoms in total. The predicted molar refractivity (Wildman–Crippen MR) is 143 cm³/mol. The third-order valence-electron chi connectivity index (χ3n) is 7.86. The third kappa shape index (κ3) is 4.34. The van der Waals surface area contributed by atoms with Crippen LogP contribution in [0.15, 0.2) is 42.7 Å². The molecule has 1 aromatic carbocycles. The van der Waals surface area contributed by atoms with Crippen molar-refractivity contribution >= 4 is 28.1 Å². The van der Waals surface area contributed by atoms with Crippen LogP contribution in [-0.2, 0) is 4.74 Å². The van der Waals surface area contributed by atoms with Crippen molar-refractivity contribution in [2.45, 2.75) is 19.4 Å². The lowest BCUT2D eigenvalue weighted by molar-refractivity contribution is 0.152. The van der Waals surface area contributed by atoms with Crippen molar-refractivity contribution in [3.05, 3.63) is 53.9 Å². The van der Waals surface area contributed by atoms with Crippen LogP contribution in [0.3, 0.4) is 0 Å². The molecule has 6 rings (SSSR count). The van der Waals surface area contributed by atoms with Crippen molar-refractivity contribution in [2.24, 2.45) is 0 Å². The van der Waals surface area contributed by atoms with Crippen molar-refractivity contribution in [3.8, 4) is 6.07 Å². The van der Waals surface area contributed by atoms with E-state index in [0.29, 0.717) is 11.6 Å². The number of nitriles is 1. The lowest BCUT2D eigenvalue weighted by atomic mass is 10.0. The Hall–Kier alpha value is -3.41. The summed E-state index contributed by atoms with van der Waals surface area (Å²) in [5, 5.41) is 10.6. The van der Waals surface area contributed by atoms with Crippen molar-refractivity contribution in [1.29, 1.82) is 5.26 Å². The Labute approximate surface area is 212 Å². The van der Waals surface area contributed by atoms with Gasteiger partial charge in [-0.05, 0) is 49.2 Å². The van der Waals surface area contributed by atoms with Crippen LogP contribution in [0.25, 0.3) is 10.9 Å². The molecule has 186 valence electrons. The molecule has 0 radical (unpaired) electrons. The van der Waals surface area contributed by atoms with Gasteiger partial charge in [0.25, 0.3) is 0 Å². The number of anilines is 3. The molecule has 5 heterocycles. The van der Waals surface area contributed by atoms with Gasteiger partial charge in [0.05, 0.1) is 29.6 Å². The summed E-state index contributed by atoms with van der Waals surface area (Å²) in [5.41, 5.74) is 5.14. The van der Waals surface area contributed by atoms with Crippen LogP contribution in [0.5, 0.6) is 0 Å². The van der Waals surface area contributed by atoms with Crippen molar-refractivity contribution in [1.82, 2.24) is 14.9 Å². The van der Waals surface area contributed by atoms with E-state index in [0.717, 1.165) is 88.7 Å². The van der Waals surface area contributed by atoms with Gasteiger partial charge in [0, 0.05) is 82.3 Å². The molecule has 2 aromatic heterocycles. The number of aryl methyl sites for hydroxylation is 1. The minimum atomic E-state index is 0.441. The Kier molecular flexibility index (Phi) is 6.34. The maximum absolute atomic E-state index is 9.53. The zero-order valence-corrected chi connectivity index (χ0v) is 20.9. The van der Waals surface area contributed by atoms with Crippen molar-refractivity contribution in [3.63, 3.8) is 0 Å². The van der Waals surface area contributed by atoms with Gasteiger partial charge in [-0.3, -0.25) is 9.88 Å². The summed E-state index contributed by atoms with van der Waals surface area (Å²) < 4.78 is 5.62. The molecule has 0 bridgehead atoms. The summed E-state index contributed by atoms with van der Waals surface area (Å²) in [6, 6.07) is 13.0. The first-order valence-electron chi connectivity index (χ1n) is 13.0. The molecule has 3 saturated heterocycles. The molecule has 1 unspecified atom stereocenters. The second-order valence-electron chi connectivity index (χ2n) is 10.0. The Morgan fingerprint density at radius 3 is 2.56 bits per heavy atom. The molecule has 3 aliphatic heterocycles. The van der Waals surface area contributed by atoms with E-state index in [2.05, 4.69) is 62.0 Å².